The Balaban J connectivity index is 0. The first-order chi connectivity index (χ1) is 5.41. The largest absolute Gasteiger partial charge is 1.00 e. The standard InChI is InChI=1S/C6H5FO4S.Na.H/c7-5-3-4(12(9,10)11)1-2-6(5)8;;/h1-3,8H,(H,9,10,11);;/q;+1;-1. The van der Waals surface area contributed by atoms with E-state index in [4.69, 9.17) is 9.66 Å². The van der Waals surface area contributed by atoms with E-state index < -0.39 is 26.6 Å². The summed E-state index contributed by atoms with van der Waals surface area (Å²) in [4.78, 5) is -0.585. The molecular weight excluding hydrogens is 210 g/mol. The summed E-state index contributed by atoms with van der Waals surface area (Å²) >= 11 is 0. The molecule has 1 aromatic carbocycles. The fraction of sp³-hybridized carbons (Fsp3) is 0. The van der Waals surface area contributed by atoms with Gasteiger partial charge in [0.2, 0.25) is 0 Å². The van der Waals surface area contributed by atoms with Crippen LogP contribution in [0.3, 0.4) is 0 Å². The van der Waals surface area contributed by atoms with E-state index in [-0.39, 0.29) is 31.0 Å². The van der Waals surface area contributed by atoms with Crippen molar-refractivity contribution in [3.63, 3.8) is 0 Å². The third kappa shape index (κ3) is 3.24. The van der Waals surface area contributed by atoms with Gasteiger partial charge in [0.25, 0.3) is 10.1 Å². The summed E-state index contributed by atoms with van der Waals surface area (Å²) in [6.07, 6.45) is 0. The number of aromatic hydroxyl groups is 1. The Hall–Kier alpha value is -0.140. The van der Waals surface area contributed by atoms with Crippen molar-refractivity contribution in [2.75, 3.05) is 0 Å². The van der Waals surface area contributed by atoms with Crippen LogP contribution in [0.5, 0.6) is 5.75 Å². The molecule has 13 heavy (non-hydrogen) atoms. The van der Waals surface area contributed by atoms with Gasteiger partial charge in [0.1, 0.15) is 0 Å². The molecule has 1 aromatic rings. The molecule has 2 N–H and O–H groups in total. The van der Waals surface area contributed by atoms with Gasteiger partial charge in [-0.1, -0.05) is 0 Å². The summed E-state index contributed by atoms with van der Waals surface area (Å²) in [6.45, 7) is 0. The predicted octanol–water partition coefficient (Wildman–Crippen LogP) is -2.11. The first kappa shape index (κ1) is 12.9. The molecule has 0 bridgehead atoms. The zero-order valence-electron chi connectivity index (χ0n) is 7.73. The Morgan fingerprint density at radius 3 is 2.31 bits per heavy atom. The van der Waals surface area contributed by atoms with Crippen LogP contribution in [0.15, 0.2) is 23.1 Å². The quantitative estimate of drug-likeness (QED) is 0.416. The molecular formula is C6H6FNaO4S. The number of benzene rings is 1. The fourth-order valence-electron chi connectivity index (χ4n) is 0.648. The minimum Gasteiger partial charge on any atom is -1.00 e. The van der Waals surface area contributed by atoms with Crippen molar-refractivity contribution in [1.82, 2.24) is 0 Å². The number of rotatable bonds is 1. The maximum absolute atomic E-state index is 12.5. The van der Waals surface area contributed by atoms with Gasteiger partial charge >= 0.3 is 29.6 Å². The number of halogens is 1. The van der Waals surface area contributed by atoms with E-state index in [0.29, 0.717) is 6.07 Å². The molecule has 0 radical (unpaired) electrons. The van der Waals surface area contributed by atoms with Gasteiger partial charge in [0, 0.05) is 0 Å². The van der Waals surface area contributed by atoms with Gasteiger partial charge in [0.05, 0.1) is 4.90 Å². The Morgan fingerprint density at radius 2 is 1.92 bits per heavy atom. The summed E-state index contributed by atoms with van der Waals surface area (Å²) in [6, 6.07) is 2.27. The summed E-state index contributed by atoms with van der Waals surface area (Å²) in [5.41, 5.74) is 0. The minimum absolute atomic E-state index is 0. The van der Waals surface area contributed by atoms with E-state index in [1.54, 1.807) is 0 Å². The van der Waals surface area contributed by atoms with Crippen LogP contribution >= 0.6 is 0 Å². The first-order valence-electron chi connectivity index (χ1n) is 2.87. The van der Waals surface area contributed by atoms with Gasteiger partial charge < -0.3 is 6.53 Å². The molecule has 1 rings (SSSR count). The molecule has 0 unspecified atom stereocenters. The molecule has 0 saturated heterocycles. The summed E-state index contributed by atoms with van der Waals surface area (Å²) in [5, 5.41) is 8.66. The Bertz CT molecular complexity index is 408. The van der Waals surface area contributed by atoms with Gasteiger partial charge in [0.15, 0.2) is 11.6 Å². The Labute approximate surface area is 97.9 Å². The van der Waals surface area contributed by atoms with Crippen LogP contribution in [-0.4, -0.2) is 18.1 Å². The molecule has 0 aliphatic heterocycles. The van der Waals surface area contributed by atoms with Gasteiger partial charge in [-0.05, 0) is 18.2 Å². The van der Waals surface area contributed by atoms with Crippen LogP contribution in [0, 0.1) is 5.82 Å². The second-order valence-electron chi connectivity index (χ2n) is 2.09. The second-order valence-corrected chi connectivity index (χ2v) is 3.51. The van der Waals surface area contributed by atoms with Crippen molar-refractivity contribution in [2.24, 2.45) is 0 Å². The van der Waals surface area contributed by atoms with Crippen molar-refractivity contribution in [3.8, 4) is 5.75 Å². The van der Waals surface area contributed by atoms with Gasteiger partial charge in [-0.25, -0.2) is 4.39 Å². The molecule has 0 aliphatic carbocycles. The van der Waals surface area contributed by atoms with Crippen LogP contribution in [-0.2, 0) is 10.1 Å². The van der Waals surface area contributed by atoms with E-state index in [0.717, 1.165) is 12.1 Å². The molecule has 0 amide bonds. The van der Waals surface area contributed by atoms with Gasteiger partial charge in [-0.15, -0.1) is 0 Å². The molecule has 0 saturated carbocycles. The van der Waals surface area contributed by atoms with Crippen LogP contribution < -0.4 is 29.6 Å². The third-order valence-corrected chi connectivity index (χ3v) is 2.07. The number of phenols is 1. The van der Waals surface area contributed by atoms with E-state index in [2.05, 4.69) is 0 Å². The zero-order chi connectivity index (χ0) is 9.35. The molecule has 0 atom stereocenters. The summed E-state index contributed by atoms with van der Waals surface area (Å²) < 4.78 is 41.7. The average Bonchev–Trinajstić information content (AvgIpc) is 1.92. The van der Waals surface area contributed by atoms with Gasteiger partial charge in [-0.2, -0.15) is 8.42 Å². The minimum atomic E-state index is -4.39. The van der Waals surface area contributed by atoms with Crippen molar-refractivity contribution >= 4 is 10.1 Å². The zero-order valence-corrected chi connectivity index (χ0v) is 9.55. The second kappa shape index (κ2) is 4.39. The van der Waals surface area contributed by atoms with E-state index in [9.17, 15) is 12.8 Å². The van der Waals surface area contributed by atoms with Crippen LogP contribution in [0.2, 0.25) is 0 Å². The van der Waals surface area contributed by atoms with Crippen molar-refractivity contribution < 1.29 is 53.5 Å². The third-order valence-electron chi connectivity index (χ3n) is 1.22. The maximum Gasteiger partial charge on any atom is 1.00 e. The summed E-state index contributed by atoms with van der Waals surface area (Å²) in [5.74, 6) is -1.76. The molecule has 0 fully saturated rings. The number of phenolic OH excluding ortho intramolecular Hbond substituents is 1. The van der Waals surface area contributed by atoms with Crippen molar-refractivity contribution in [3.05, 3.63) is 24.0 Å². The maximum atomic E-state index is 12.5. The van der Waals surface area contributed by atoms with Crippen molar-refractivity contribution in [1.29, 1.82) is 0 Å². The molecule has 0 aliphatic rings. The Kier molecular flexibility index (Phi) is 4.34. The molecule has 7 heteroatoms. The summed E-state index contributed by atoms with van der Waals surface area (Å²) in [7, 11) is -4.39. The number of hydrogen-bond acceptors (Lipinski definition) is 3. The fourth-order valence-corrected chi connectivity index (χ4v) is 1.14. The van der Waals surface area contributed by atoms with Crippen LogP contribution in [0.25, 0.3) is 0 Å². The van der Waals surface area contributed by atoms with Crippen molar-refractivity contribution in [2.45, 2.75) is 4.90 Å². The van der Waals surface area contributed by atoms with E-state index in [1.165, 1.54) is 0 Å². The normalized spacial score (nSPS) is 10.6. The molecule has 68 valence electrons. The smallest absolute Gasteiger partial charge is 1.00 e. The predicted molar refractivity (Wildman–Crippen MR) is 39.0 cm³/mol. The molecule has 0 aromatic heterocycles. The average molecular weight is 216 g/mol. The van der Waals surface area contributed by atoms with E-state index in [1.807, 2.05) is 0 Å². The van der Waals surface area contributed by atoms with Gasteiger partial charge in [-0.3, -0.25) is 4.55 Å². The Morgan fingerprint density at radius 1 is 1.38 bits per heavy atom. The topological polar surface area (TPSA) is 74.6 Å². The van der Waals surface area contributed by atoms with Crippen LogP contribution in [0.1, 0.15) is 1.43 Å². The molecule has 4 nitrogen and oxygen atoms in total. The van der Waals surface area contributed by atoms with E-state index >= 15 is 0 Å². The number of hydrogen-bond donors (Lipinski definition) is 2. The monoisotopic (exact) mass is 216 g/mol. The molecule has 0 spiro atoms. The molecule has 0 heterocycles. The SMILES string of the molecule is O=S(=O)(O)c1ccc(O)c(F)c1.[H-].[Na+]. The first-order valence-corrected chi connectivity index (χ1v) is 4.31. The van der Waals surface area contributed by atoms with Crippen LogP contribution in [0.4, 0.5) is 4.39 Å².